The fourth-order valence-corrected chi connectivity index (χ4v) is 5.42. The number of esters is 1. The van der Waals surface area contributed by atoms with Gasteiger partial charge in [0.25, 0.3) is 0 Å². The average molecular weight is 492 g/mol. The summed E-state index contributed by atoms with van der Waals surface area (Å²) < 4.78 is 18.7. The smallest absolute Gasteiger partial charge is 0.341 e. The molecular formula is C27H22FNO3S2. The van der Waals surface area contributed by atoms with E-state index in [2.05, 4.69) is 5.32 Å². The topological polar surface area (TPSA) is 55.4 Å². The summed E-state index contributed by atoms with van der Waals surface area (Å²) >= 11 is 2.67. The first kappa shape index (κ1) is 23.7. The summed E-state index contributed by atoms with van der Waals surface area (Å²) in [6, 6.07) is 25.1. The molecule has 1 N–H and O–H groups in total. The van der Waals surface area contributed by atoms with Crippen LogP contribution in [0.3, 0.4) is 0 Å². The molecule has 0 radical (unpaired) electrons. The summed E-state index contributed by atoms with van der Waals surface area (Å²) in [6.07, 6.45) is 0. The van der Waals surface area contributed by atoms with Crippen LogP contribution in [0, 0.1) is 5.82 Å². The molecule has 1 heterocycles. The predicted octanol–water partition coefficient (Wildman–Crippen LogP) is 7.20. The van der Waals surface area contributed by atoms with Crippen LogP contribution < -0.4 is 5.32 Å². The van der Waals surface area contributed by atoms with Gasteiger partial charge in [0.1, 0.15) is 21.6 Å². The molecule has 0 spiro atoms. The molecule has 0 aliphatic rings. The number of anilines is 1. The van der Waals surface area contributed by atoms with Crippen molar-refractivity contribution in [3.05, 3.63) is 107 Å². The maximum absolute atomic E-state index is 13.5. The van der Waals surface area contributed by atoms with E-state index in [0.29, 0.717) is 16.1 Å². The monoisotopic (exact) mass is 491 g/mol. The SMILES string of the molecule is CCOC(=O)c1c(-c2ccc(F)cc2)csc1NC(=O)C(Sc1ccccc1)c1ccccc1. The Balaban J connectivity index is 1.68. The highest BCUT2D eigenvalue weighted by Crippen LogP contribution is 2.40. The number of benzene rings is 3. The van der Waals surface area contributed by atoms with Gasteiger partial charge >= 0.3 is 5.97 Å². The minimum absolute atomic E-state index is 0.196. The predicted molar refractivity (Wildman–Crippen MR) is 136 cm³/mol. The Labute approximate surface area is 205 Å². The number of hydrogen-bond donors (Lipinski definition) is 1. The molecule has 0 fully saturated rings. The first-order valence-electron chi connectivity index (χ1n) is 10.7. The molecule has 1 atom stereocenters. The van der Waals surface area contributed by atoms with Crippen LogP contribution in [-0.2, 0) is 9.53 Å². The number of thiophene rings is 1. The highest BCUT2D eigenvalue weighted by molar-refractivity contribution is 8.00. The Kier molecular flexibility index (Phi) is 7.77. The molecule has 4 aromatic rings. The summed E-state index contributed by atoms with van der Waals surface area (Å²) in [7, 11) is 0. The van der Waals surface area contributed by atoms with Crippen molar-refractivity contribution in [2.75, 3.05) is 11.9 Å². The number of halogens is 1. The molecule has 172 valence electrons. The van der Waals surface area contributed by atoms with Crippen molar-refractivity contribution in [2.24, 2.45) is 0 Å². The second-order valence-corrected chi connectivity index (χ2v) is 9.35. The summed E-state index contributed by atoms with van der Waals surface area (Å²) in [5, 5.41) is 4.60. The number of rotatable bonds is 8. The van der Waals surface area contributed by atoms with E-state index in [-0.39, 0.29) is 23.9 Å². The number of nitrogens with one attached hydrogen (secondary N) is 1. The van der Waals surface area contributed by atoms with Gasteiger partial charge in [-0.2, -0.15) is 0 Å². The van der Waals surface area contributed by atoms with E-state index >= 15 is 0 Å². The molecule has 1 unspecified atom stereocenters. The van der Waals surface area contributed by atoms with E-state index in [1.165, 1.54) is 35.2 Å². The van der Waals surface area contributed by atoms with Crippen molar-refractivity contribution in [2.45, 2.75) is 17.1 Å². The van der Waals surface area contributed by atoms with Gasteiger partial charge in [-0.3, -0.25) is 4.79 Å². The van der Waals surface area contributed by atoms with E-state index in [1.54, 1.807) is 24.4 Å². The van der Waals surface area contributed by atoms with Crippen LogP contribution in [0.2, 0.25) is 0 Å². The Hall–Kier alpha value is -3.42. The van der Waals surface area contributed by atoms with Crippen LogP contribution in [-0.4, -0.2) is 18.5 Å². The van der Waals surface area contributed by atoms with E-state index < -0.39 is 11.2 Å². The normalized spacial score (nSPS) is 11.6. The van der Waals surface area contributed by atoms with Crippen LogP contribution in [0.15, 0.2) is 95.2 Å². The molecule has 1 aromatic heterocycles. The molecule has 4 rings (SSSR count). The van der Waals surface area contributed by atoms with E-state index in [9.17, 15) is 14.0 Å². The number of carbonyl (C=O) groups is 2. The number of amides is 1. The van der Waals surface area contributed by atoms with Gasteiger partial charge < -0.3 is 10.1 Å². The number of ether oxygens (including phenoxy) is 1. The zero-order valence-electron chi connectivity index (χ0n) is 18.4. The second-order valence-electron chi connectivity index (χ2n) is 7.29. The molecule has 4 nitrogen and oxygen atoms in total. The van der Waals surface area contributed by atoms with Gasteiger partial charge in [-0.15, -0.1) is 23.1 Å². The third-order valence-corrected chi connectivity index (χ3v) is 7.16. The highest BCUT2D eigenvalue weighted by atomic mass is 32.2. The van der Waals surface area contributed by atoms with Crippen molar-refractivity contribution >= 4 is 40.0 Å². The molecule has 1 amide bonds. The Bertz CT molecular complexity index is 1260. The summed E-state index contributed by atoms with van der Waals surface area (Å²) in [6.45, 7) is 1.92. The molecule has 0 saturated carbocycles. The Morgan fingerprint density at radius 2 is 1.62 bits per heavy atom. The van der Waals surface area contributed by atoms with Crippen molar-refractivity contribution in [1.29, 1.82) is 0 Å². The summed E-state index contributed by atoms with van der Waals surface area (Å²) in [5.74, 6) is -1.16. The molecule has 0 saturated heterocycles. The van der Waals surface area contributed by atoms with Gasteiger partial charge in [0.2, 0.25) is 5.91 Å². The summed E-state index contributed by atoms with van der Waals surface area (Å²) in [5.41, 5.74) is 2.37. The van der Waals surface area contributed by atoms with Gasteiger partial charge in [-0.25, -0.2) is 9.18 Å². The molecule has 0 bridgehead atoms. The van der Waals surface area contributed by atoms with Gasteiger partial charge in [0.15, 0.2) is 0 Å². The fourth-order valence-electron chi connectivity index (χ4n) is 3.41. The zero-order valence-corrected chi connectivity index (χ0v) is 20.0. The lowest BCUT2D eigenvalue weighted by Crippen LogP contribution is -2.20. The second kappa shape index (κ2) is 11.1. The van der Waals surface area contributed by atoms with Crippen molar-refractivity contribution in [3.8, 4) is 11.1 Å². The summed E-state index contributed by atoms with van der Waals surface area (Å²) in [4.78, 5) is 27.3. The van der Waals surface area contributed by atoms with Crippen molar-refractivity contribution < 1.29 is 18.7 Å². The van der Waals surface area contributed by atoms with Crippen molar-refractivity contribution in [3.63, 3.8) is 0 Å². The van der Waals surface area contributed by atoms with Gasteiger partial charge in [-0.1, -0.05) is 60.7 Å². The lowest BCUT2D eigenvalue weighted by Gasteiger charge is -2.17. The average Bonchev–Trinajstić information content (AvgIpc) is 3.27. The van der Waals surface area contributed by atoms with Gasteiger partial charge in [-0.05, 0) is 42.3 Å². The van der Waals surface area contributed by atoms with Crippen LogP contribution in [0.4, 0.5) is 9.39 Å². The number of carbonyl (C=O) groups excluding carboxylic acids is 2. The number of hydrogen-bond acceptors (Lipinski definition) is 5. The van der Waals surface area contributed by atoms with E-state index in [4.69, 9.17) is 4.74 Å². The van der Waals surface area contributed by atoms with Crippen LogP contribution in [0.25, 0.3) is 11.1 Å². The lowest BCUT2D eigenvalue weighted by atomic mass is 10.0. The maximum Gasteiger partial charge on any atom is 0.341 e. The third kappa shape index (κ3) is 5.55. The van der Waals surface area contributed by atoms with Gasteiger partial charge in [0.05, 0.1) is 6.61 Å². The largest absolute Gasteiger partial charge is 0.462 e. The van der Waals surface area contributed by atoms with Crippen LogP contribution in [0.5, 0.6) is 0 Å². The zero-order chi connectivity index (χ0) is 23.9. The van der Waals surface area contributed by atoms with Gasteiger partial charge in [0, 0.05) is 15.8 Å². The quantitative estimate of drug-likeness (QED) is 0.209. The molecule has 34 heavy (non-hydrogen) atoms. The number of thioether (sulfide) groups is 1. The lowest BCUT2D eigenvalue weighted by molar-refractivity contribution is -0.115. The first-order valence-corrected chi connectivity index (χ1v) is 12.4. The fraction of sp³-hybridized carbons (Fsp3) is 0.111. The van der Waals surface area contributed by atoms with Crippen molar-refractivity contribution in [1.82, 2.24) is 0 Å². The molecule has 0 aliphatic heterocycles. The third-order valence-electron chi connectivity index (χ3n) is 5.00. The minimum Gasteiger partial charge on any atom is -0.462 e. The van der Waals surface area contributed by atoms with E-state index in [0.717, 1.165) is 10.5 Å². The maximum atomic E-state index is 13.5. The highest BCUT2D eigenvalue weighted by Gasteiger charge is 2.27. The van der Waals surface area contributed by atoms with Crippen LogP contribution in [0.1, 0.15) is 28.1 Å². The molecule has 7 heteroatoms. The van der Waals surface area contributed by atoms with E-state index in [1.807, 2.05) is 60.7 Å². The molecule has 3 aromatic carbocycles. The minimum atomic E-state index is -0.537. The first-order chi connectivity index (χ1) is 16.6. The molecular weight excluding hydrogens is 469 g/mol. The Morgan fingerprint density at radius 3 is 2.26 bits per heavy atom. The Morgan fingerprint density at radius 1 is 0.971 bits per heavy atom. The standard InChI is InChI=1S/C27H22FNO3S2/c1-2-32-27(31)23-22(18-13-15-20(28)16-14-18)17-33-26(23)29-25(30)24(19-9-5-3-6-10-19)34-21-11-7-4-8-12-21/h3-17,24H,2H2,1H3,(H,29,30). The van der Waals surface area contributed by atoms with Crippen LogP contribution >= 0.6 is 23.1 Å². The molecule has 0 aliphatic carbocycles.